The van der Waals surface area contributed by atoms with Crippen LogP contribution in [0.4, 0.5) is 0 Å². The quantitative estimate of drug-likeness (QED) is 0.650. The minimum absolute atomic E-state index is 0.0119. The van der Waals surface area contributed by atoms with E-state index in [9.17, 15) is 14.4 Å². The third-order valence-electron chi connectivity index (χ3n) is 5.46. The Morgan fingerprint density at radius 1 is 0.897 bits per heavy atom. The summed E-state index contributed by atoms with van der Waals surface area (Å²) in [6, 6.07) is 15.3. The Morgan fingerprint density at radius 3 is 2.31 bits per heavy atom. The van der Waals surface area contributed by atoms with Crippen molar-refractivity contribution in [1.29, 1.82) is 0 Å². The van der Waals surface area contributed by atoms with Crippen LogP contribution in [0.25, 0.3) is 0 Å². The highest BCUT2D eigenvalue weighted by Gasteiger charge is 2.36. The van der Waals surface area contributed by atoms with Gasteiger partial charge in [-0.15, -0.1) is 0 Å². The Bertz CT molecular complexity index is 940. The summed E-state index contributed by atoms with van der Waals surface area (Å²) in [5.74, 6) is -0.660. The van der Waals surface area contributed by atoms with Crippen LogP contribution in [-0.2, 0) is 11.3 Å². The van der Waals surface area contributed by atoms with Crippen LogP contribution in [0.1, 0.15) is 32.7 Å². The van der Waals surface area contributed by atoms with Gasteiger partial charge < -0.3 is 4.90 Å². The SMILES string of the molecule is O=C(CCN1C(=O)c2ccc(Br)cc2C1=O)N1CCN(Cc2ccccc2)CC1. The molecule has 0 atom stereocenters. The van der Waals surface area contributed by atoms with Crippen LogP contribution in [0.15, 0.2) is 53.0 Å². The molecule has 0 radical (unpaired) electrons. The molecule has 0 N–H and O–H groups in total. The second-order valence-corrected chi connectivity index (χ2v) is 8.26. The summed E-state index contributed by atoms with van der Waals surface area (Å²) in [5.41, 5.74) is 2.07. The minimum Gasteiger partial charge on any atom is -0.340 e. The Morgan fingerprint density at radius 2 is 1.59 bits per heavy atom. The highest BCUT2D eigenvalue weighted by Crippen LogP contribution is 2.26. The molecular formula is C22H22BrN3O3. The second-order valence-electron chi connectivity index (χ2n) is 7.34. The average molecular weight is 456 g/mol. The first-order valence-corrected chi connectivity index (χ1v) is 10.5. The molecule has 1 fully saturated rings. The molecule has 1 saturated heterocycles. The van der Waals surface area contributed by atoms with E-state index in [0.29, 0.717) is 24.2 Å². The van der Waals surface area contributed by atoms with E-state index >= 15 is 0 Å². The Kier molecular flexibility index (Phi) is 5.78. The number of hydrogen-bond acceptors (Lipinski definition) is 4. The predicted molar refractivity (Wildman–Crippen MR) is 112 cm³/mol. The van der Waals surface area contributed by atoms with Crippen LogP contribution in [0.2, 0.25) is 0 Å². The molecule has 0 unspecified atom stereocenters. The highest BCUT2D eigenvalue weighted by atomic mass is 79.9. The summed E-state index contributed by atoms with van der Waals surface area (Å²) in [5, 5.41) is 0. The molecule has 0 bridgehead atoms. The fourth-order valence-electron chi connectivity index (χ4n) is 3.83. The van der Waals surface area contributed by atoms with Crippen molar-refractivity contribution in [1.82, 2.24) is 14.7 Å². The maximum absolute atomic E-state index is 12.6. The van der Waals surface area contributed by atoms with Crippen LogP contribution < -0.4 is 0 Å². The summed E-state index contributed by atoms with van der Waals surface area (Å²) in [6.45, 7) is 3.98. The summed E-state index contributed by atoms with van der Waals surface area (Å²) in [6.07, 6.45) is 0.158. The lowest BCUT2D eigenvalue weighted by atomic mass is 10.1. The summed E-state index contributed by atoms with van der Waals surface area (Å²) in [7, 11) is 0. The van der Waals surface area contributed by atoms with E-state index in [0.717, 1.165) is 24.1 Å². The molecule has 3 amide bonds. The summed E-state index contributed by atoms with van der Waals surface area (Å²) in [4.78, 5) is 43.0. The predicted octanol–water partition coefficient (Wildman–Crippen LogP) is 2.78. The van der Waals surface area contributed by atoms with Gasteiger partial charge in [0.1, 0.15) is 0 Å². The van der Waals surface area contributed by atoms with E-state index in [1.807, 2.05) is 23.1 Å². The lowest BCUT2D eigenvalue weighted by Gasteiger charge is -2.35. The van der Waals surface area contributed by atoms with Crippen molar-refractivity contribution in [3.63, 3.8) is 0 Å². The number of nitrogens with zero attached hydrogens (tertiary/aromatic N) is 3. The molecule has 150 valence electrons. The van der Waals surface area contributed by atoms with Gasteiger partial charge in [0.15, 0.2) is 0 Å². The van der Waals surface area contributed by atoms with E-state index in [1.165, 1.54) is 10.5 Å². The van der Waals surface area contributed by atoms with Gasteiger partial charge in [-0.2, -0.15) is 0 Å². The van der Waals surface area contributed by atoms with Crippen LogP contribution in [0.3, 0.4) is 0 Å². The third-order valence-corrected chi connectivity index (χ3v) is 5.95. The molecule has 2 aromatic rings. The lowest BCUT2D eigenvalue weighted by molar-refractivity contribution is -0.133. The van der Waals surface area contributed by atoms with Crippen molar-refractivity contribution in [2.24, 2.45) is 0 Å². The molecule has 2 aliphatic rings. The molecular weight excluding hydrogens is 434 g/mol. The standard InChI is InChI=1S/C22H22BrN3O3/c23-17-6-7-18-19(14-17)22(29)26(21(18)28)9-8-20(27)25-12-10-24(11-13-25)15-16-4-2-1-3-5-16/h1-7,14H,8-13,15H2. The topological polar surface area (TPSA) is 60.9 Å². The molecule has 6 nitrogen and oxygen atoms in total. The van der Waals surface area contributed by atoms with Gasteiger partial charge in [-0.1, -0.05) is 46.3 Å². The monoisotopic (exact) mass is 455 g/mol. The number of hydrogen-bond donors (Lipinski definition) is 0. The number of imide groups is 1. The van der Waals surface area contributed by atoms with Gasteiger partial charge in [0, 0.05) is 50.2 Å². The lowest BCUT2D eigenvalue weighted by Crippen LogP contribution is -2.49. The molecule has 7 heteroatoms. The zero-order chi connectivity index (χ0) is 20.4. The molecule has 2 heterocycles. The number of benzene rings is 2. The minimum atomic E-state index is -0.327. The van der Waals surface area contributed by atoms with E-state index in [4.69, 9.17) is 0 Å². The fraction of sp³-hybridized carbons (Fsp3) is 0.318. The number of carbonyl (C=O) groups excluding carboxylic acids is 3. The first-order valence-electron chi connectivity index (χ1n) is 9.73. The zero-order valence-electron chi connectivity index (χ0n) is 16.0. The number of carbonyl (C=O) groups is 3. The second kappa shape index (κ2) is 8.47. The van der Waals surface area contributed by atoms with Crippen molar-refractivity contribution in [2.45, 2.75) is 13.0 Å². The normalized spacial score (nSPS) is 17.0. The van der Waals surface area contributed by atoms with Crippen molar-refractivity contribution in [3.05, 3.63) is 69.7 Å². The van der Waals surface area contributed by atoms with Crippen LogP contribution >= 0.6 is 15.9 Å². The smallest absolute Gasteiger partial charge is 0.261 e. The fourth-order valence-corrected chi connectivity index (χ4v) is 4.19. The average Bonchev–Trinajstić information content (AvgIpc) is 2.97. The number of fused-ring (bicyclic) bond motifs is 1. The molecule has 0 aromatic heterocycles. The Balaban J connectivity index is 1.28. The van der Waals surface area contributed by atoms with E-state index in [1.54, 1.807) is 18.2 Å². The summed E-state index contributed by atoms with van der Waals surface area (Å²) < 4.78 is 0.753. The van der Waals surface area contributed by atoms with Gasteiger partial charge in [-0.05, 0) is 23.8 Å². The molecule has 4 rings (SSSR count). The maximum atomic E-state index is 12.6. The Hall–Kier alpha value is -2.51. The largest absolute Gasteiger partial charge is 0.340 e. The first-order chi connectivity index (χ1) is 14.0. The summed E-state index contributed by atoms with van der Waals surface area (Å²) >= 11 is 3.33. The van der Waals surface area contributed by atoms with E-state index in [2.05, 4.69) is 33.0 Å². The highest BCUT2D eigenvalue weighted by molar-refractivity contribution is 9.10. The molecule has 29 heavy (non-hydrogen) atoms. The van der Waals surface area contributed by atoms with Crippen molar-refractivity contribution in [2.75, 3.05) is 32.7 Å². The Labute approximate surface area is 178 Å². The van der Waals surface area contributed by atoms with Gasteiger partial charge in [0.05, 0.1) is 11.1 Å². The number of rotatable bonds is 5. The number of halogens is 1. The third kappa shape index (κ3) is 4.26. The van der Waals surface area contributed by atoms with Gasteiger partial charge in [0.25, 0.3) is 11.8 Å². The van der Waals surface area contributed by atoms with Crippen LogP contribution in [-0.4, -0.2) is 65.1 Å². The van der Waals surface area contributed by atoms with Crippen molar-refractivity contribution < 1.29 is 14.4 Å². The van der Waals surface area contributed by atoms with Crippen LogP contribution in [0.5, 0.6) is 0 Å². The van der Waals surface area contributed by atoms with Crippen molar-refractivity contribution >= 4 is 33.7 Å². The molecule has 0 spiro atoms. The van der Waals surface area contributed by atoms with E-state index in [-0.39, 0.29) is 30.7 Å². The molecule has 2 aliphatic heterocycles. The maximum Gasteiger partial charge on any atom is 0.261 e. The number of piperazine rings is 1. The van der Waals surface area contributed by atoms with Crippen molar-refractivity contribution in [3.8, 4) is 0 Å². The zero-order valence-corrected chi connectivity index (χ0v) is 17.6. The van der Waals surface area contributed by atoms with Gasteiger partial charge in [-0.25, -0.2) is 0 Å². The number of amides is 3. The molecule has 2 aromatic carbocycles. The van der Waals surface area contributed by atoms with Crippen LogP contribution in [0, 0.1) is 0 Å². The van der Waals surface area contributed by atoms with E-state index < -0.39 is 0 Å². The van der Waals surface area contributed by atoms with Gasteiger partial charge >= 0.3 is 0 Å². The molecule has 0 saturated carbocycles. The van der Waals surface area contributed by atoms with Gasteiger partial charge in [-0.3, -0.25) is 24.2 Å². The van der Waals surface area contributed by atoms with Gasteiger partial charge in [0.2, 0.25) is 5.91 Å². The first kappa shape index (κ1) is 19.8. The molecule has 0 aliphatic carbocycles.